The standard InChI is InChI=1S/C29H39Cl2N3O4S/c1-20-16-21(2)18-24(17-20)34(39(4,37)38)15-9-14-28(35)33(19-25-26(30)12-8-13-27(25)31)22(3)29(36)32-23-10-6-5-7-11-23/h8,12-13,16-18,22-23H,5-7,9-11,14-15,19H2,1-4H3,(H,32,36)/t22-/m0/s1. The van der Waals surface area contributed by atoms with Gasteiger partial charge in [0.2, 0.25) is 21.8 Å². The lowest BCUT2D eigenvalue weighted by Crippen LogP contribution is -2.50. The van der Waals surface area contributed by atoms with E-state index in [0.717, 1.165) is 43.1 Å². The molecule has 7 nitrogen and oxygen atoms in total. The van der Waals surface area contributed by atoms with Gasteiger partial charge < -0.3 is 10.2 Å². The Labute approximate surface area is 242 Å². The maximum Gasteiger partial charge on any atom is 0.242 e. The van der Waals surface area contributed by atoms with Crippen molar-refractivity contribution in [3.05, 3.63) is 63.1 Å². The number of hydrogen-bond donors (Lipinski definition) is 1. The maximum atomic E-state index is 13.6. The number of anilines is 1. The van der Waals surface area contributed by atoms with E-state index in [9.17, 15) is 18.0 Å². The second-order valence-corrected chi connectivity index (χ2v) is 13.2. The first-order valence-electron chi connectivity index (χ1n) is 13.5. The van der Waals surface area contributed by atoms with Crippen molar-refractivity contribution in [2.75, 3.05) is 17.1 Å². The summed E-state index contributed by atoms with van der Waals surface area (Å²) >= 11 is 12.8. The highest BCUT2D eigenvalue weighted by molar-refractivity contribution is 7.92. The van der Waals surface area contributed by atoms with Crippen molar-refractivity contribution in [1.29, 1.82) is 0 Å². The highest BCUT2D eigenvalue weighted by Gasteiger charge is 2.29. The first kappa shape index (κ1) is 31.2. The van der Waals surface area contributed by atoms with Crippen LogP contribution in [0, 0.1) is 13.8 Å². The lowest BCUT2D eigenvalue weighted by Gasteiger charge is -2.32. The van der Waals surface area contributed by atoms with Gasteiger partial charge in [0, 0.05) is 41.2 Å². The molecular formula is C29H39Cl2N3O4S. The molecule has 0 radical (unpaired) electrons. The molecule has 2 aromatic rings. The Bertz CT molecular complexity index is 1240. The Morgan fingerprint density at radius 1 is 1.03 bits per heavy atom. The molecule has 2 aromatic carbocycles. The summed E-state index contributed by atoms with van der Waals surface area (Å²) in [6, 6.07) is 10.1. The van der Waals surface area contributed by atoms with E-state index in [2.05, 4.69) is 5.32 Å². The highest BCUT2D eigenvalue weighted by atomic mass is 35.5. The molecular weight excluding hydrogens is 557 g/mol. The van der Waals surface area contributed by atoms with Crippen LogP contribution in [0.1, 0.15) is 68.6 Å². The first-order valence-corrected chi connectivity index (χ1v) is 16.1. The molecule has 1 N–H and O–H groups in total. The van der Waals surface area contributed by atoms with Crippen molar-refractivity contribution in [1.82, 2.24) is 10.2 Å². The highest BCUT2D eigenvalue weighted by Crippen LogP contribution is 2.28. The van der Waals surface area contributed by atoms with Gasteiger partial charge in [0.25, 0.3) is 0 Å². The van der Waals surface area contributed by atoms with Gasteiger partial charge >= 0.3 is 0 Å². The molecule has 0 aromatic heterocycles. The number of aryl methyl sites for hydroxylation is 2. The summed E-state index contributed by atoms with van der Waals surface area (Å²) in [6.45, 7) is 5.75. The van der Waals surface area contributed by atoms with E-state index in [1.807, 2.05) is 32.0 Å². The summed E-state index contributed by atoms with van der Waals surface area (Å²) in [5.74, 6) is -0.488. The fourth-order valence-electron chi connectivity index (χ4n) is 5.10. The van der Waals surface area contributed by atoms with E-state index >= 15 is 0 Å². The van der Waals surface area contributed by atoms with Crippen molar-refractivity contribution < 1.29 is 18.0 Å². The van der Waals surface area contributed by atoms with E-state index in [1.54, 1.807) is 25.1 Å². The maximum absolute atomic E-state index is 13.6. The Morgan fingerprint density at radius 2 is 1.62 bits per heavy atom. The second-order valence-electron chi connectivity index (χ2n) is 10.5. The summed E-state index contributed by atoms with van der Waals surface area (Å²) in [5, 5.41) is 3.94. The molecule has 0 bridgehead atoms. The number of sulfonamides is 1. The molecule has 0 spiro atoms. The van der Waals surface area contributed by atoms with Crippen LogP contribution < -0.4 is 9.62 Å². The van der Waals surface area contributed by atoms with Crippen LogP contribution >= 0.6 is 23.2 Å². The number of halogens is 2. The third-order valence-corrected chi connectivity index (χ3v) is 9.06. The van der Waals surface area contributed by atoms with Crippen LogP contribution in [0.25, 0.3) is 0 Å². The molecule has 1 fully saturated rings. The minimum Gasteiger partial charge on any atom is -0.352 e. The number of carbonyl (C=O) groups is 2. The van der Waals surface area contributed by atoms with Gasteiger partial charge in [-0.1, -0.05) is 54.6 Å². The predicted octanol–water partition coefficient (Wildman–Crippen LogP) is 6.02. The van der Waals surface area contributed by atoms with E-state index in [1.165, 1.54) is 15.6 Å². The molecule has 10 heteroatoms. The average molecular weight is 597 g/mol. The van der Waals surface area contributed by atoms with Crippen molar-refractivity contribution >= 4 is 50.7 Å². The fourth-order valence-corrected chi connectivity index (χ4v) is 6.57. The number of amides is 2. The smallest absolute Gasteiger partial charge is 0.242 e. The molecule has 3 rings (SSSR count). The van der Waals surface area contributed by atoms with Crippen LogP contribution in [-0.2, 0) is 26.2 Å². The Hall–Kier alpha value is -2.29. The number of nitrogens with one attached hydrogen (secondary N) is 1. The van der Waals surface area contributed by atoms with Crippen LogP contribution in [0.4, 0.5) is 5.69 Å². The molecule has 0 unspecified atom stereocenters. The number of carbonyl (C=O) groups excluding carboxylic acids is 2. The third-order valence-electron chi connectivity index (χ3n) is 7.16. The van der Waals surface area contributed by atoms with Crippen LogP contribution in [0.15, 0.2) is 36.4 Å². The van der Waals surface area contributed by atoms with Crippen LogP contribution in [0.3, 0.4) is 0 Å². The van der Waals surface area contributed by atoms with E-state index in [-0.39, 0.29) is 43.8 Å². The number of hydrogen-bond acceptors (Lipinski definition) is 4. The zero-order valence-corrected chi connectivity index (χ0v) is 25.5. The predicted molar refractivity (Wildman–Crippen MR) is 159 cm³/mol. The van der Waals surface area contributed by atoms with Gasteiger partial charge in [0.15, 0.2) is 0 Å². The minimum absolute atomic E-state index is 0.0555. The molecule has 0 heterocycles. The number of benzene rings is 2. The fraction of sp³-hybridized carbons (Fsp3) is 0.517. The summed E-state index contributed by atoms with van der Waals surface area (Å²) in [4.78, 5) is 28.3. The van der Waals surface area contributed by atoms with E-state index in [0.29, 0.717) is 21.3 Å². The van der Waals surface area contributed by atoms with Gasteiger partial charge in [0.05, 0.1) is 11.9 Å². The summed E-state index contributed by atoms with van der Waals surface area (Å²) in [7, 11) is -3.57. The molecule has 0 saturated heterocycles. The van der Waals surface area contributed by atoms with Crippen molar-refractivity contribution in [3.8, 4) is 0 Å². The van der Waals surface area contributed by atoms with Gasteiger partial charge in [-0.15, -0.1) is 0 Å². The minimum atomic E-state index is -3.57. The number of nitrogens with zero attached hydrogens (tertiary/aromatic N) is 2. The Morgan fingerprint density at radius 3 is 2.18 bits per heavy atom. The molecule has 214 valence electrons. The molecule has 2 amide bonds. The summed E-state index contributed by atoms with van der Waals surface area (Å²) in [6.07, 6.45) is 6.69. The second kappa shape index (κ2) is 13.9. The van der Waals surface area contributed by atoms with Gasteiger partial charge in [-0.3, -0.25) is 13.9 Å². The average Bonchev–Trinajstić information content (AvgIpc) is 2.85. The zero-order chi connectivity index (χ0) is 28.7. The van der Waals surface area contributed by atoms with Gasteiger partial charge in [-0.2, -0.15) is 0 Å². The van der Waals surface area contributed by atoms with Gasteiger partial charge in [-0.05, 0) is 75.4 Å². The molecule has 1 aliphatic carbocycles. The lowest BCUT2D eigenvalue weighted by molar-refractivity contribution is -0.141. The molecule has 1 saturated carbocycles. The lowest BCUT2D eigenvalue weighted by atomic mass is 9.95. The summed E-state index contributed by atoms with van der Waals surface area (Å²) in [5.41, 5.74) is 3.05. The first-order chi connectivity index (χ1) is 18.4. The Kier molecular flexibility index (Phi) is 11.1. The van der Waals surface area contributed by atoms with Crippen molar-refractivity contribution in [2.24, 2.45) is 0 Å². The van der Waals surface area contributed by atoms with Crippen LogP contribution in [0.5, 0.6) is 0 Å². The summed E-state index contributed by atoms with van der Waals surface area (Å²) < 4.78 is 26.6. The topological polar surface area (TPSA) is 86.8 Å². The third kappa shape index (κ3) is 8.85. The van der Waals surface area contributed by atoms with E-state index < -0.39 is 16.1 Å². The number of rotatable bonds is 11. The largest absolute Gasteiger partial charge is 0.352 e. The van der Waals surface area contributed by atoms with Crippen LogP contribution in [-0.4, -0.2) is 50.0 Å². The Balaban J connectivity index is 1.77. The van der Waals surface area contributed by atoms with Crippen molar-refractivity contribution in [2.45, 2.75) is 84.3 Å². The normalized spacial score (nSPS) is 15.0. The zero-order valence-electron chi connectivity index (χ0n) is 23.2. The van der Waals surface area contributed by atoms with Gasteiger partial charge in [0.1, 0.15) is 6.04 Å². The van der Waals surface area contributed by atoms with E-state index in [4.69, 9.17) is 23.2 Å². The SMILES string of the molecule is Cc1cc(C)cc(N(CCCC(=O)N(Cc2c(Cl)cccc2Cl)[C@@H](C)C(=O)NC2CCCCC2)S(C)(=O)=O)c1. The molecule has 39 heavy (non-hydrogen) atoms. The van der Waals surface area contributed by atoms with Crippen LogP contribution in [0.2, 0.25) is 10.0 Å². The quantitative estimate of drug-likeness (QED) is 0.344. The molecule has 1 aliphatic rings. The van der Waals surface area contributed by atoms with Crippen molar-refractivity contribution in [3.63, 3.8) is 0 Å². The van der Waals surface area contributed by atoms with Gasteiger partial charge in [-0.25, -0.2) is 8.42 Å². The molecule has 1 atom stereocenters. The molecule has 0 aliphatic heterocycles. The monoisotopic (exact) mass is 595 g/mol.